The molecular formula is C22H25N3O6. The zero-order valence-corrected chi connectivity index (χ0v) is 17.2. The van der Waals surface area contributed by atoms with Crippen molar-refractivity contribution >= 4 is 23.8 Å². The van der Waals surface area contributed by atoms with Crippen LogP contribution in [-0.2, 0) is 19.2 Å². The maximum absolute atomic E-state index is 12.0. The Bertz CT molecular complexity index is 887. The highest BCUT2D eigenvalue weighted by Crippen LogP contribution is 2.04. The summed E-state index contributed by atoms with van der Waals surface area (Å²) in [6, 6.07) is 16.1. The molecule has 0 radical (unpaired) electrons. The van der Waals surface area contributed by atoms with E-state index in [0.717, 1.165) is 0 Å². The van der Waals surface area contributed by atoms with Gasteiger partial charge in [0.15, 0.2) is 0 Å². The number of carbonyl (C=O) groups excluding carboxylic acids is 3. The number of unbranched alkanes of at least 4 members (excludes halogenated alkanes) is 1. The smallest absolute Gasteiger partial charge is 0.365 e. The molecule has 3 N–H and O–H groups in total. The first-order valence-corrected chi connectivity index (χ1v) is 9.74. The zero-order valence-electron chi connectivity index (χ0n) is 17.2. The van der Waals surface area contributed by atoms with Crippen molar-refractivity contribution in [3.05, 3.63) is 71.8 Å². The first-order chi connectivity index (χ1) is 15.0. The Hall–Kier alpha value is -3.56. The van der Waals surface area contributed by atoms with Crippen molar-refractivity contribution in [1.82, 2.24) is 5.48 Å². The fraction of sp³-hybridized carbons (Fsp3) is 0.273. The fourth-order valence-corrected chi connectivity index (χ4v) is 2.40. The molecule has 0 unspecified atom stereocenters. The molecule has 0 aliphatic rings. The van der Waals surface area contributed by atoms with Gasteiger partial charge in [-0.15, -0.1) is 0 Å². The summed E-state index contributed by atoms with van der Waals surface area (Å²) in [4.78, 5) is 45.2. The topological polar surface area (TPSA) is 129 Å². The zero-order chi connectivity index (χ0) is 22.5. The van der Waals surface area contributed by atoms with Gasteiger partial charge in [-0.1, -0.05) is 36.4 Å². The van der Waals surface area contributed by atoms with Crippen molar-refractivity contribution in [2.24, 2.45) is 10.9 Å². The van der Waals surface area contributed by atoms with Crippen LogP contribution in [0.25, 0.3) is 0 Å². The van der Waals surface area contributed by atoms with E-state index in [0.29, 0.717) is 36.9 Å². The van der Waals surface area contributed by atoms with E-state index in [-0.39, 0.29) is 5.90 Å². The fourth-order valence-electron chi connectivity index (χ4n) is 2.40. The van der Waals surface area contributed by atoms with Crippen molar-refractivity contribution in [2.75, 3.05) is 6.54 Å². The lowest BCUT2D eigenvalue weighted by Gasteiger charge is -2.11. The highest BCUT2D eigenvalue weighted by Gasteiger charge is 2.17. The van der Waals surface area contributed by atoms with Crippen molar-refractivity contribution in [3.63, 3.8) is 0 Å². The second kappa shape index (κ2) is 12.9. The molecule has 9 nitrogen and oxygen atoms in total. The third kappa shape index (κ3) is 8.77. The third-order valence-electron chi connectivity index (χ3n) is 4.04. The molecule has 2 rings (SSSR count). The van der Waals surface area contributed by atoms with E-state index in [9.17, 15) is 14.4 Å². The summed E-state index contributed by atoms with van der Waals surface area (Å²) in [5, 5.41) is 3.50. The number of hydrogen-bond acceptors (Lipinski definition) is 9. The molecule has 0 aromatic heterocycles. The monoisotopic (exact) mass is 427 g/mol. The van der Waals surface area contributed by atoms with E-state index in [1.807, 2.05) is 6.07 Å². The average molecular weight is 427 g/mol. The van der Waals surface area contributed by atoms with Crippen LogP contribution in [0.2, 0.25) is 0 Å². The van der Waals surface area contributed by atoms with E-state index in [1.54, 1.807) is 54.6 Å². The summed E-state index contributed by atoms with van der Waals surface area (Å²) < 4.78 is 4.98. The molecule has 1 atom stereocenters. The number of hydroxylamine groups is 1. The Morgan fingerprint density at radius 3 is 2.13 bits per heavy atom. The van der Waals surface area contributed by atoms with Gasteiger partial charge in [-0.05, 0) is 48.7 Å². The number of benzene rings is 2. The van der Waals surface area contributed by atoms with Gasteiger partial charge in [-0.3, -0.25) is 0 Å². The first-order valence-electron chi connectivity index (χ1n) is 9.74. The Morgan fingerprint density at radius 1 is 0.935 bits per heavy atom. The minimum atomic E-state index is -0.859. The van der Waals surface area contributed by atoms with Crippen molar-refractivity contribution in [1.29, 1.82) is 0 Å². The van der Waals surface area contributed by atoms with Crippen LogP contribution in [0.1, 0.15) is 46.9 Å². The summed E-state index contributed by atoms with van der Waals surface area (Å²) in [5.74, 6) is -1.94. The maximum atomic E-state index is 12.0. The Labute approximate surface area is 180 Å². The van der Waals surface area contributed by atoms with Gasteiger partial charge in [0.1, 0.15) is 6.04 Å². The van der Waals surface area contributed by atoms with Crippen molar-refractivity contribution in [2.45, 2.75) is 32.2 Å². The normalized spacial score (nSPS) is 12.0. The summed E-state index contributed by atoms with van der Waals surface area (Å²) in [6.45, 7) is 1.80. The predicted octanol–water partition coefficient (Wildman–Crippen LogP) is 2.58. The molecule has 0 saturated carbocycles. The first kappa shape index (κ1) is 23.7. The number of nitrogens with zero attached hydrogens (tertiary/aromatic N) is 1. The molecule has 0 fully saturated rings. The lowest BCUT2D eigenvalue weighted by Crippen LogP contribution is -2.33. The Balaban J connectivity index is 1.60. The van der Waals surface area contributed by atoms with E-state index >= 15 is 0 Å². The quantitative estimate of drug-likeness (QED) is 0.148. The molecule has 0 bridgehead atoms. The molecule has 31 heavy (non-hydrogen) atoms. The highest BCUT2D eigenvalue weighted by molar-refractivity contribution is 5.92. The second-order valence-corrected chi connectivity index (χ2v) is 6.53. The van der Waals surface area contributed by atoms with Crippen LogP contribution in [0, 0.1) is 0 Å². The molecule has 0 aliphatic carbocycles. The SMILES string of the molecule is CC(=NOC(=O)c1ccccc1)OC(=O)[C@@H](N)CCCCNOC(=O)c1ccccc1. The third-order valence-corrected chi connectivity index (χ3v) is 4.04. The molecule has 2 aromatic rings. The van der Waals surface area contributed by atoms with Gasteiger partial charge in [-0.2, -0.15) is 5.48 Å². The van der Waals surface area contributed by atoms with E-state index in [4.69, 9.17) is 20.1 Å². The minimum absolute atomic E-state index is 0.126. The number of oxime groups is 1. The van der Waals surface area contributed by atoms with E-state index in [1.165, 1.54) is 6.92 Å². The van der Waals surface area contributed by atoms with Crippen LogP contribution in [0.4, 0.5) is 0 Å². The number of ether oxygens (including phenoxy) is 1. The van der Waals surface area contributed by atoms with Crippen LogP contribution in [-0.4, -0.2) is 36.4 Å². The van der Waals surface area contributed by atoms with Gasteiger partial charge in [0.05, 0.1) is 11.1 Å². The number of esters is 1. The molecule has 0 amide bonds. The van der Waals surface area contributed by atoms with Crippen LogP contribution < -0.4 is 11.2 Å². The molecular weight excluding hydrogens is 402 g/mol. The molecule has 2 aromatic carbocycles. The molecule has 9 heteroatoms. The van der Waals surface area contributed by atoms with Gasteiger partial charge >= 0.3 is 17.9 Å². The van der Waals surface area contributed by atoms with Crippen LogP contribution in [0.15, 0.2) is 65.8 Å². The summed E-state index contributed by atoms with van der Waals surface area (Å²) in [6.07, 6.45) is 1.60. The van der Waals surface area contributed by atoms with Gasteiger partial charge in [0, 0.05) is 13.5 Å². The second-order valence-electron chi connectivity index (χ2n) is 6.53. The van der Waals surface area contributed by atoms with Gasteiger partial charge in [0.25, 0.3) is 0 Å². The summed E-state index contributed by atoms with van der Waals surface area (Å²) in [7, 11) is 0. The number of hydrogen-bond donors (Lipinski definition) is 2. The Kier molecular flexibility index (Phi) is 9.86. The molecule has 164 valence electrons. The number of rotatable bonds is 10. The van der Waals surface area contributed by atoms with Gasteiger partial charge in [-0.25, -0.2) is 14.4 Å². The van der Waals surface area contributed by atoms with E-state index in [2.05, 4.69) is 10.6 Å². The average Bonchev–Trinajstić information content (AvgIpc) is 2.80. The number of nitrogens with one attached hydrogen (secondary N) is 1. The molecule has 0 aliphatic heterocycles. The van der Waals surface area contributed by atoms with Gasteiger partial charge < -0.3 is 20.1 Å². The summed E-state index contributed by atoms with van der Waals surface area (Å²) in [5.41, 5.74) is 9.17. The van der Waals surface area contributed by atoms with Crippen LogP contribution in [0.5, 0.6) is 0 Å². The number of carbonyl (C=O) groups is 3. The van der Waals surface area contributed by atoms with Gasteiger partial charge in [0.2, 0.25) is 5.90 Å². The maximum Gasteiger partial charge on any atom is 0.365 e. The van der Waals surface area contributed by atoms with Crippen molar-refractivity contribution in [3.8, 4) is 0 Å². The Morgan fingerprint density at radius 2 is 1.52 bits per heavy atom. The van der Waals surface area contributed by atoms with Crippen molar-refractivity contribution < 1.29 is 28.8 Å². The molecule has 0 heterocycles. The lowest BCUT2D eigenvalue weighted by atomic mass is 10.1. The molecule has 0 spiro atoms. The highest BCUT2D eigenvalue weighted by atomic mass is 16.7. The van der Waals surface area contributed by atoms with Crippen LogP contribution >= 0.6 is 0 Å². The summed E-state index contributed by atoms with van der Waals surface area (Å²) >= 11 is 0. The van der Waals surface area contributed by atoms with Crippen LogP contribution in [0.3, 0.4) is 0 Å². The predicted molar refractivity (Wildman–Crippen MR) is 113 cm³/mol. The largest absolute Gasteiger partial charge is 0.407 e. The van der Waals surface area contributed by atoms with E-state index < -0.39 is 23.9 Å². The standard InChI is InChI=1S/C22H25N3O6/c1-16(25-31-21(27)18-12-6-3-7-13-18)29-22(28)19(23)14-8-9-15-24-30-20(26)17-10-4-2-5-11-17/h2-7,10-13,19,24H,8-9,14-15,23H2,1H3/t19-/m0/s1. The molecule has 0 saturated heterocycles. The number of nitrogens with two attached hydrogens (primary N) is 1. The lowest BCUT2D eigenvalue weighted by molar-refractivity contribution is -0.137. The minimum Gasteiger partial charge on any atom is -0.407 e.